The fourth-order valence-corrected chi connectivity index (χ4v) is 3.00. The zero-order valence-electron chi connectivity index (χ0n) is 11.4. The van der Waals surface area contributed by atoms with E-state index in [1.54, 1.807) is 6.07 Å². The highest BCUT2D eigenvalue weighted by molar-refractivity contribution is 6.32. The van der Waals surface area contributed by atoms with E-state index in [-0.39, 0.29) is 10.7 Å². The van der Waals surface area contributed by atoms with Crippen molar-refractivity contribution in [3.63, 3.8) is 0 Å². The van der Waals surface area contributed by atoms with Gasteiger partial charge in [-0.1, -0.05) is 41.9 Å². The molecule has 0 radical (unpaired) electrons. The quantitative estimate of drug-likeness (QED) is 0.685. The average Bonchev–Trinajstić information content (AvgIpc) is 2.89. The molecule has 108 valence electrons. The predicted molar refractivity (Wildman–Crippen MR) is 82.5 cm³/mol. The molecule has 4 nitrogen and oxygen atoms in total. The van der Waals surface area contributed by atoms with Crippen LogP contribution in [0.3, 0.4) is 0 Å². The molecule has 1 unspecified atom stereocenters. The zero-order valence-corrected chi connectivity index (χ0v) is 12.1. The van der Waals surface area contributed by atoms with E-state index in [1.165, 1.54) is 17.2 Å². The minimum atomic E-state index is -0.448. The molecule has 0 heterocycles. The number of nitrogens with zero attached hydrogens (tertiary/aromatic N) is 1. The van der Waals surface area contributed by atoms with Gasteiger partial charge in [0.25, 0.3) is 5.69 Å². The molecule has 0 bridgehead atoms. The largest absolute Gasteiger partial charge is 0.306 e. The van der Waals surface area contributed by atoms with E-state index in [0.29, 0.717) is 12.6 Å². The molecule has 3 rings (SSSR count). The first-order valence-corrected chi connectivity index (χ1v) is 7.27. The van der Waals surface area contributed by atoms with E-state index < -0.39 is 4.92 Å². The number of benzene rings is 2. The molecule has 1 N–H and O–H groups in total. The topological polar surface area (TPSA) is 55.2 Å². The van der Waals surface area contributed by atoms with Gasteiger partial charge in [0, 0.05) is 18.7 Å². The molecular weight excluding hydrogens is 288 g/mol. The maximum absolute atomic E-state index is 10.9. The SMILES string of the molecule is O=[N+]([O-])c1cc(CNC2CCc3ccccc32)ccc1Cl. The first-order chi connectivity index (χ1) is 10.1. The van der Waals surface area contributed by atoms with Crippen molar-refractivity contribution in [3.8, 4) is 0 Å². The lowest BCUT2D eigenvalue weighted by Gasteiger charge is -2.14. The van der Waals surface area contributed by atoms with Crippen molar-refractivity contribution in [2.24, 2.45) is 0 Å². The van der Waals surface area contributed by atoms with E-state index in [9.17, 15) is 10.1 Å². The summed E-state index contributed by atoms with van der Waals surface area (Å²) in [5.41, 5.74) is 3.55. The maximum Gasteiger partial charge on any atom is 0.288 e. The number of halogens is 1. The van der Waals surface area contributed by atoms with Crippen LogP contribution in [-0.4, -0.2) is 4.92 Å². The van der Waals surface area contributed by atoms with Crippen molar-refractivity contribution in [2.45, 2.75) is 25.4 Å². The fraction of sp³-hybridized carbons (Fsp3) is 0.250. The van der Waals surface area contributed by atoms with Crippen LogP contribution in [0.4, 0.5) is 5.69 Å². The van der Waals surface area contributed by atoms with Gasteiger partial charge in [0.2, 0.25) is 0 Å². The van der Waals surface area contributed by atoms with Crippen molar-refractivity contribution in [1.82, 2.24) is 5.32 Å². The lowest BCUT2D eigenvalue weighted by Crippen LogP contribution is -2.18. The van der Waals surface area contributed by atoms with Crippen LogP contribution in [0.15, 0.2) is 42.5 Å². The molecule has 0 spiro atoms. The Morgan fingerprint density at radius 3 is 2.90 bits per heavy atom. The fourth-order valence-electron chi connectivity index (χ4n) is 2.82. The molecule has 0 aromatic heterocycles. The Morgan fingerprint density at radius 1 is 1.29 bits per heavy atom. The summed E-state index contributed by atoms with van der Waals surface area (Å²) < 4.78 is 0. The van der Waals surface area contributed by atoms with E-state index in [0.717, 1.165) is 18.4 Å². The van der Waals surface area contributed by atoms with Gasteiger partial charge in [-0.05, 0) is 35.6 Å². The molecule has 0 saturated carbocycles. The molecule has 1 aliphatic carbocycles. The summed E-state index contributed by atoms with van der Waals surface area (Å²) in [6.07, 6.45) is 2.14. The molecule has 0 aliphatic heterocycles. The van der Waals surface area contributed by atoms with Gasteiger partial charge in [0.1, 0.15) is 5.02 Å². The molecule has 1 atom stereocenters. The zero-order chi connectivity index (χ0) is 14.8. The second kappa shape index (κ2) is 5.84. The van der Waals surface area contributed by atoms with Gasteiger partial charge in [-0.3, -0.25) is 10.1 Å². The molecule has 21 heavy (non-hydrogen) atoms. The average molecular weight is 303 g/mol. The number of fused-ring (bicyclic) bond motifs is 1. The Bertz CT molecular complexity index is 688. The molecule has 0 amide bonds. The molecule has 0 fully saturated rings. The molecule has 2 aromatic rings. The summed E-state index contributed by atoms with van der Waals surface area (Å²) in [6.45, 7) is 0.594. The van der Waals surface area contributed by atoms with Gasteiger partial charge in [0.15, 0.2) is 0 Å². The molecular formula is C16H15ClN2O2. The smallest absolute Gasteiger partial charge is 0.288 e. The summed E-state index contributed by atoms with van der Waals surface area (Å²) in [5.74, 6) is 0. The monoisotopic (exact) mass is 302 g/mol. The number of hydrogen-bond acceptors (Lipinski definition) is 3. The van der Waals surface area contributed by atoms with Crippen LogP contribution >= 0.6 is 11.6 Å². The van der Waals surface area contributed by atoms with Gasteiger partial charge in [-0.25, -0.2) is 0 Å². The third-order valence-electron chi connectivity index (χ3n) is 3.89. The lowest BCUT2D eigenvalue weighted by molar-refractivity contribution is -0.384. The maximum atomic E-state index is 10.9. The number of hydrogen-bond donors (Lipinski definition) is 1. The summed E-state index contributed by atoms with van der Waals surface area (Å²) in [5, 5.41) is 14.5. The Labute approximate surface area is 127 Å². The van der Waals surface area contributed by atoms with E-state index in [2.05, 4.69) is 23.5 Å². The number of nitro groups is 1. The van der Waals surface area contributed by atoms with Crippen molar-refractivity contribution in [2.75, 3.05) is 0 Å². The van der Waals surface area contributed by atoms with E-state index in [4.69, 9.17) is 11.6 Å². The predicted octanol–water partition coefficient (Wildman–Crippen LogP) is 4.03. The van der Waals surface area contributed by atoms with Crippen molar-refractivity contribution in [3.05, 3.63) is 74.3 Å². The second-order valence-corrected chi connectivity index (χ2v) is 5.62. The lowest BCUT2D eigenvalue weighted by atomic mass is 10.1. The van der Waals surface area contributed by atoms with Gasteiger partial charge in [-0.2, -0.15) is 0 Å². The first-order valence-electron chi connectivity index (χ1n) is 6.89. The summed E-state index contributed by atoms with van der Waals surface area (Å²) in [7, 11) is 0. The van der Waals surface area contributed by atoms with Crippen LogP contribution in [0.5, 0.6) is 0 Å². The molecule has 1 aliphatic rings. The minimum Gasteiger partial charge on any atom is -0.306 e. The molecule has 2 aromatic carbocycles. The van der Waals surface area contributed by atoms with Crippen LogP contribution in [0.1, 0.15) is 29.2 Å². The van der Waals surface area contributed by atoms with Crippen LogP contribution in [-0.2, 0) is 13.0 Å². The van der Waals surface area contributed by atoms with Crippen LogP contribution in [0.25, 0.3) is 0 Å². The summed E-state index contributed by atoms with van der Waals surface area (Å²) >= 11 is 5.82. The molecule has 5 heteroatoms. The normalized spacial score (nSPS) is 16.7. The first kappa shape index (κ1) is 14.0. The van der Waals surface area contributed by atoms with Crippen molar-refractivity contribution >= 4 is 17.3 Å². The second-order valence-electron chi connectivity index (χ2n) is 5.21. The highest BCUT2D eigenvalue weighted by atomic mass is 35.5. The van der Waals surface area contributed by atoms with Gasteiger partial charge < -0.3 is 5.32 Å². The van der Waals surface area contributed by atoms with Crippen LogP contribution in [0, 0.1) is 10.1 Å². The third-order valence-corrected chi connectivity index (χ3v) is 4.21. The van der Waals surface area contributed by atoms with Gasteiger partial charge >= 0.3 is 0 Å². The van der Waals surface area contributed by atoms with E-state index in [1.807, 2.05) is 12.1 Å². The van der Waals surface area contributed by atoms with Gasteiger partial charge in [-0.15, -0.1) is 0 Å². The van der Waals surface area contributed by atoms with E-state index >= 15 is 0 Å². The number of aryl methyl sites for hydroxylation is 1. The highest BCUT2D eigenvalue weighted by Gasteiger charge is 2.21. The van der Waals surface area contributed by atoms with Gasteiger partial charge in [0.05, 0.1) is 4.92 Å². The van der Waals surface area contributed by atoms with Crippen LogP contribution < -0.4 is 5.32 Å². The molecule has 0 saturated heterocycles. The highest BCUT2D eigenvalue weighted by Crippen LogP contribution is 2.31. The third kappa shape index (κ3) is 2.91. The Balaban J connectivity index is 1.72. The minimum absolute atomic E-state index is 0.0391. The number of nitrogens with one attached hydrogen (secondary N) is 1. The van der Waals surface area contributed by atoms with Crippen molar-refractivity contribution in [1.29, 1.82) is 0 Å². The number of rotatable bonds is 4. The van der Waals surface area contributed by atoms with Crippen LogP contribution in [0.2, 0.25) is 5.02 Å². The summed E-state index contributed by atoms with van der Waals surface area (Å²) in [6, 6.07) is 13.7. The summed E-state index contributed by atoms with van der Waals surface area (Å²) in [4.78, 5) is 10.5. The Kier molecular flexibility index (Phi) is 3.90. The Hall–Kier alpha value is -1.91. The Morgan fingerprint density at radius 2 is 2.10 bits per heavy atom. The standard InChI is InChI=1S/C16H15ClN2O2/c17-14-7-5-11(9-16(14)19(20)21)10-18-15-8-6-12-3-1-2-4-13(12)15/h1-5,7,9,15,18H,6,8,10H2. The number of nitro benzene ring substituents is 1. The van der Waals surface area contributed by atoms with Crippen molar-refractivity contribution < 1.29 is 4.92 Å².